The van der Waals surface area contributed by atoms with Gasteiger partial charge in [0.25, 0.3) is 0 Å². The van der Waals surface area contributed by atoms with Gasteiger partial charge in [-0.1, -0.05) is 12.1 Å². The van der Waals surface area contributed by atoms with Gasteiger partial charge in [0.1, 0.15) is 17.2 Å². The minimum absolute atomic E-state index is 0.00957. The van der Waals surface area contributed by atoms with Crippen LogP contribution in [0.3, 0.4) is 0 Å². The van der Waals surface area contributed by atoms with Crippen LogP contribution in [0, 0.1) is 0 Å². The molecular formula is C15H14O7S. The highest BCUT2D eigenvalue weighted by atomic mass is 32.3. The average Bonchev–Trinajstić information content (AvgIpc) is 2.46. The molecule has 2 aromatic carbocycles. The van der Waals surface area contributed by atoms with Crippen molar-refractivity contribution in [3.05, 3.63) is 53.6 Å². The van der Waals surface area contributed by atoms with Crippen LogP contribution >= 0.6 is 0 Å². The van der Waals surface area contributed by atoms with Crippen LogP contribution < -0.4 is 4.18 Å². The summed E-state index contributed by atoms with van der Waals surface area (Å²) in [6.45, 7) is 0. The monoisotopic (exact) mass is 338 g/mol. The Morgan fingerprint density at radius 2 is 1.83 bits per heavy atom. The number of ketones is 1. The molecule has 2 rings (SSSR count). The molecule has 122 valence electrons. The highest BCUT2D eigenvalue weighted by Crippen LogP contribution is 2.24. The first-order valence-electron chi connectivity index (χ1n) is 6.55. The number of carbonyl (C=O) groups is 1. The SMILES string of the molecule is O=C(CCc1cccc(OS(=O)(=O)O)c1)c1cc(O)ccc1O. The first-order valence-corrected chi connectivity index (χ1v) is 7.92. The normalized spacial score (nSPS) is 11.2. The second-order valence-corrected chi connectivity index (χ2v) is 5.81. The molecule has 8 heteroatoms. The summed E-state index contributed by atoms with van der Waals surface area (Å²) in [5.74, 6) is -0.803. The molecule has 0 saturated heterocycles. The maximum atomic E-state index is 12.1. The van der Waals surface area contributed by atoms with E-state index >= 15 is 0 Å². The number of benzene rings is 2. The Bertz CT molecular complexity index is 827. The third-order valence-corrected chi connectivity index (χ3v) is 3.42. The van der Waals surface area contributed by atoms with Crippen LogP contribution in [0.15, 0.2) is 42.5 Å². The molecule has 0 aromatic heterocycles. The number of aryl methyl sites for hydroxylation is 1. The molecule has 7 nitrogen and oxygen atoms in total. The van der Waals surface area contributed by atoms with Crippen LogP contribution in [0.4, 0.5) is 0 Å². The lowest BCUT2D eigenvalue weighted by molar-refractivity contribution is 0.0979. The third kappa shape index (κ3) is 4.97. The molecule has 0 aliphatic heterocycles. The molecule has 3 N–H and O–H groups in total. The highest BCUT2D eigenvalue weighted by Gasteiger charge is 2.13. The summed E-state index contributed by atoms with van der Waals surface area (Å²) < 4.78 is 34.3. The fourth-order valence-corrected chi connectivity index (χ4v) is 2.36. The summed E-state index contributed by atoms with van der Waals surface area (Å²) in [5, 5.41) is 19.0. The standard InChI is InChI=1S/C15H14O7S/c16-11-5-7-15(18)13(9-11)14(17)6-4-10-2-1-3-12(8-10)22-23(19,20)21/h1-3,5,7-9,16,18H,4,6H2,(H,19,20,21). The van der Waals surface area contributed by atoms with Crippen molar-refractivity contribution in [2.24, 2.45) is 0 Å². The summed E-state index contributed by atoms with van der Waals surface area (Å²) in [4.78, 5) is 12.1. The quantitative estimate of drug-likeness (QED) is 0.419. The third-order valence-electron chi connectivity index (χ3n) is 3.02. The molecule has 0 unspecified atom stereocenters. The number of hydrogen-bond donors (Lipinski definition) is 3. The van der Waals surface area contributed by atoms with Crippen molar-refractivity contribution in [2.45, 2.75) is 12.8 Å². The lowest BCUT2D eigenvalue weighted by Crippen LogP contribution is -2.07. The van der Waals surface area contributed by atoms with Crippen LogP contribution in [0.25, 0.3) is 0 Å². The van der Waals surface area contributed by atoms with E-state index in [1.54, 1.807) is 6.07 Å². The van der Waals surface area contributed by atoms with Gasteiger partial charge < -0.3 is 14.4 Å². The van der Waals surface area contributed by atoms with Gasteiger partial charge in [0.05, 0.1) is 5.56 Å². The molecule has 0 radical (unpaired) electrons. The second-order valence-electron chi connectivity index (χ2n) is 4.78. The van der Waals surface area contributed by atoms with E-state index < -0.39 is 10.4 Å². The maximum absolute atomic E-state index is 12.1. The second kappa shape index (κ2) is 6.67. The minimum Gasteiger partial charge on any atom is -0.508 e. The van der Waals surface area contributed by atoms with Crippen molar-refractivity contribution in [3.63, 3.8) is 0 Å². The van der Waals surface area contributed by atoms with Crippen LogP contribution in [0.1, 0.15) is 22.3 Å². The Labute approximate surface area is 132 Å². The van der Waals surface area contributed by atoms with E-state index in [-0.39, 0.29) is 41.4 Å². The van der Waals surface area contributed by atoms with Crippen molar-refractivity contribution < 1.29 is 32.2 Å². The topological polar surface area (TPSA) is 121 Å². The van der Waals surface area contributed by atoms with E-state index in [2.05, 4.69) is 4.18 Å². The molecule has 0 bridgehead atoms. The molecule has 0 saturated carbocycles. The van der Waals surface area contributed by atoms with E-state index in [9.17, 15) is 23.4 Å². The fourth-order valence-electron chi connectivity index (χ4n) is 2.01. The highest BCUT2D eigenvalue weighted by molar-refractivity contribution is 7.81. The summed E-state index contributed by atoms with van der Waals surface area (Å²) in [7, 11) is -4.61. The predicted octanol–water partition coefficient (Wildman–Crippen LogP) is 2.09. The Morgan fingerprint density at radius 3 is 2.52 bits per heavy atom. The first kappa shape index (κ1) is 16.8. The summed E-state index contributed by atoms with van der Waals surface area (Å²) >= 11 is 0. The van der Waals surface area contributed by atoms with Gasteiger partial charge in [-0.3, -0.25) is 9.35 Å². The molecule has 0 aliphatic carbocycles. The molecule has 23 heavy (non-hydrogen) atoms. The number of phenolic OH excluding ortho intramolecular Hbond substituents is 2. The molecule has 0 atom stereocenters. The Hall–Kier alpha value is -2.58. The van der Waals surface area contributed by atoms with Gasteiger partial charge in [0, 0.05) is 6.42 Å². The summed E-state index contributed by atoms with van der Waals surface area (Å²) in [6, 6.07) is 9.57. The van der Waals surface area contributed by atoms with Gasteiger partial charge in [0.2, 0.25) is 0 Å². The van der Waals surface area contributed by atoms with E-state index in [4.69, 9.17) is 4.55 Å². The Balaban J connectivity index is 2.07. The molecule has 0 fully saturated rings. The zero-order chi connectivity index (χ0) is 17.0. The smallest absolute Gasteiger partial charge is 0.446 e. The molecule has 0 spiro atoms. The van der Waals surface area contributed by atoms with E-state index in [1.165, 1.54) is 36.4 Å². The maximum Gasteiger partial charge on any atom is 0.446 e. The van der Waals surface area contributed by atoms with Crippen LogP contribution in [0.2, 0.25) is 0 Å². The van der Waals surface area contributed by atoms with Crippen molar-refractivity contribution in [3.8, 4) is 17.2 Å². The lowest BCUT2D eigenvalue weighted by Gasteiger charge is -2.06. The molecule has 2 aromatic rings. The van der Waals surface area contributed by atoms with Crippen LogP contribution in [-0.2, 0) is 16.8 Å². The average molecular weight is 338 g/mol. The number of phenols is 2. The molecule has 0 amide bonds. The molecular weight excluding hydrogens is 324 g/mol. The Kier molecular flexibility index (Phi) is 4.87. The lowest BCUT2D eigenvalue weighted by atomic mass is 10.0. The zero-order valence-electron chi connectivity index (χ0n) is 11.8. The number of Topliss-reactive ketones (excluding diaryl/α,β-unsaturated/α-hetero) is 1. The van der Waals surface area contributed by atoms with E-state index in [0.717, 1.165) is 0 Å². The van der Waals surface area contributed by atoms with E-state index in [0.29, 0.717) is 5.56 Å². The van der Waals surface area contributed by atoms with Gasteiger partial charge >= 0.3 is 10.4 Å². The number of rotatable bonds is 6. The van der Waals surface area contributed by atoms with Gasteiger partial charge in [0.15, 0.2) is 5.78 Å². The van der Waals surface area contributed by atoms with Crippen LogP contribution in [0.5, 0.6) is 17.2 Å². The number of aromatic hydroxyl groups is 2. The van der Waals surface area contributed by atoms with Crippen LogP contribution in [-0.4, -0.2) is 29.0 Å². The fraction of sp³-hybridized carbons (Fsp3) is 0.133. The van der Waals surface area contributed by atoms with Crippen molar-refractivity contribution in [1.82, 2.24) is 0 Å². The predicted molar refractivity (Wildman–Crippen MR) is 81.0 cm³/mol. The largest absolute Gasteiger partial charge is 0.508 e. The van der Waals surface area contributed by atoms with Gasteiger partial charge in [-0.2, -0.15) is 8.42 Å². The number of carbonyl (C=O) groups excluding carboxylic acids is 1. The molecule has 0 aliphatic rings. The Morgan fingerprint density at radius 1 is 1.09 bits per heavy atom. The van der Waals surface area contributed by atoms with Gasteiger partial charge in [-0.05, 0) is 42.3 Å². The van der Waals surface area contributed by atoms with Crippen molar-refractivity contribution >= 4 is 16.2 Å². The van der Waals surface area contributed by atoms with Gasteiger partial charge in [-0.25, -0.2) is 0 Å². The first-order chi connectivity index (χ1) is 10.7. The summed E-state index contributed by atoms with van der Waals surface area (Å²) in [5.41, 5.74) is 0.620. The number of hydrogen-bond acceptors (Lipinski definition) is 6. The zero-order valence-corrected chi connectivity index (χ0v) is 12.7. The summed E-state index contributed by atoms with van der Waals surface area (Å²) in [6.07, 6.45) is 0.295. The van der Waals surface area contributed by atoms with E-state index in [1.807, 2.05) is 0 Å². The van der Waals surface area contributed by atoms with Crippen molar-refractivity contribution in [1.29, 1.82) is 0 Å². The van der Waals surface area contributed by atoms with Crippen molar-refractivity contribution in [2.75, 3.05) is 0 Å². The minimum atomic E-state index is -4.61. The van der Waals surface area contributed by atoms with Gasteiger partial charge in [-0.15, -0.1) is 0 Å². The molecule has 0 heterocycles.